The maximum absolute atomic E-state index is 13.9. The van der Waals surface area contributed by atoms with Gasteiger partial charge in [-0.1, -0.05) is 85.1 Å². The van der Waals surface area contributed by atoms with Gasteiger partial charge in [0.05, 0.1) is 25.2 Å². The van der Waals surface area contributed by atoms with Crippen molar-refractivity contribution in [2.75, 3.05) is 13.2 Å². The van der Waals surface area contributed by atoms with Crippen LogP contribution in [-0.2, 0) is 33.4 Å². The Morgan fingerprint density at radius 1 is 0.958 bits per heavy atom. The second kappa shape index (κ2) is 24.7. The first kappa shape index (κ1) is 42.6. The Labute approximate surface area is 288 Å². The number of ether oxygens (including phenoxy) is 2. The zero-order valence-corrected chi connectivity index (χ0v) is 29.9. The number of carbonyl (C=O) groups is 5. The fourth-order valence-corrected chi connectivity index (χ4v) is 5.63. The van der Waals surface area contributed by atoms with E-state index in [9.17, 15) is 29.1 Å². The van der Waals surface area contributed by atoms with Crippen LogP contribution in [0.25, 0.3) is 0 Å². The van der Waals surface area contributed by atoms with Gasteiger partial charge in [0.25, 0.3) is 0 Å². The van der Waals surface area contributed by atoms with Gasteiger partial charge in [-0.15, -0.1) is 12.3 Å². The van der Waals surface area contributed by atoms with Gasteiger partial charge in [0.2, 0.25) is 17.7 Å². The van der Waals surface area contributed by atoms with Gasteiger partial charge < -0.3 is 30.5 Å². The maximum atomic E-state index is 13.9. The van der Waals surface area contributed by atoms with Crippen molar-refractivity contribution in [1.29, 1.82) is 0 Å². The highest BCUT2D eigenvalue weighted by molar-refractivity contribution is 5.94. The van der Waals surface area contributed by atoms with Gasteiger partial charge in [-0.3, -0.25) is 19.2 Å². The number of nitrogens with one attached hydrogen (secondary N) is 3. The molecule has 0 aliphatic carbocycles. The lowest BCUT2D eigenvalue weighted by molar-refractivity contribution is -0.164. The van der Waals surface area contributed by atoms with Crippen LogP contribution in [0.15, 0.2) is 12.2 Å². The summed E-state index contributed by atoms with van der Waals surface area (Å²) in [6.07, 6.45) is 18.4. The van der Waals surface area contributed by atoms with Crippen LogP contribution in [0.5, 0.6) is 0 Å². The summed E-state index contributed by atoms with van der Waals surface area (Å²) < 4.78 is 11.7. The molecule has 0 unspecified atom stereocenters. The molecule has 11 nitrogen and oxygen atoms in total. The normalized spacial score (nSPS) is 23.8. The van der Waals surface area contributed by atoms with E-state index < -0.39 is 60.4 Å². The quantitative estimate of drug-likeness (QED) is 0.0885. The van der Waals surface area contributed by atoms with E-state index in [-0.39, 0.29) is 37.3 Å². The molecule has 3 amide bonds. The Balaban J connectivity index is 3.23. The minimum atomic E-state index is -1.03. The second-order valence-corrected chi connectivity index (χ2v) is 13.3. The molecular weight excluding hydrogens is 614 g/mol. The number of aliphatic hydroxyl groups excluding tert-OH is 1. The SMILES string of the molecule is C#CCCCCCCCCC(=O)OCC[C@@H]1C(=O)N[C@@H](CO)/C=C/C(=O)N[C@H](C)C(=O)N[C@@H](C(C)C)C(=O)O[C@H]1[C@H](C)CCCCCC. The van der Waals surface area contributed by atoms with Gasteiger partial charge in [0.1, 0.15) is 18.2 Å². The van der Waals surface area contributed by atoms with Gasteiger partial charge in [-0.25, -0.2) is 4.79 Å². The highest BCUT2D eigenvalue weighted by Crippen LogP contribution is 2.27. The summed E-state index contributed by atoms with van der Waals surface area (Å²) in [6.45, 7) is 8.51. The van der Waals surface area contributed by atoms with Crippen LogP contribution in [-0.4, -0.2) is 72.2 Å². The predicted molar refractivity (Wildman–Crippen MR) is 185 cm³/mol. The number of rotatable bonds is 19. The van der Waals surface area contributed by atoms with E-state index in [4.69, 9.17) is 15.9 Å². The predicted octanol–water partition coefficient (Wildman–Crippen LogP) is 4.50. The zero-order valence-electron chi connectivity index (χ0n) is 29.9. The molecule has 0 saturated carbocycles. The molecular formula is C37H61N3O8. The van der Waals surface area contributed by atoms with Crippen LogP contribution < -0.4 is 16.0 Å². The molecule has 1 aliphatic heterocycles. The molecule has 48 heavy (non-hydrogen) atoms. The topological polar surface area (TPSA) is 160 Å². The van der Waals surface area contributed by atoms with E-state index in [2.05, 4.69) is 28.8 Å². The minimum Gasteiger partial charge on any atom is -0.466 e. The molecule has 1 rings (SSSR count). The minimum absolute atomic E-state index is 0.0660. The summed E-state index contributed by atoms with van der Waals surface area (Å²) >= 11 is 0. The first-order chi connectivity index (χ1) is 22.9. The Kier molecular flexibility index (Phi) is 21.9. The Morgan fingerprint density at radius 2 is 1.62 bits per heavy atom. The molecule has 1 heterocycles. The molecule has 0 saturated heterocycles. The van der Waals surface area contributed by atoms with Crippen LogP contribution >= 0.6 is 0 Å². The molecule has 0 aromatic carbocycles. The summed E-state index contributed by atoms with van der Waals surface area (Å²) in [5.74, 6) is -1.62. The van der Waals surface area contributed by atoms with Crippen molar-refractivity contribution in [3.8, 4) is 12.3 Å². The molecule has 1 aliphatic rings. The average molecular weight is 676 g/mol. The molecule has 6 atom stereocenters. The molecule has 0 aromatic rings. The zero-order chi connectivity index (χ0) is 35.9. The maximum Gasteiger partial charge on any atom is 0.329 e. The number of hydrogen-bond donors (Lipinski definition) is 4. The van der Waals surface area contributed by atoms with Crippen LogP contribution in [0.2, 0.25) is 0 Å². The number of hydrogen-bond acceptors (Lipinski definition) is 8. The fraction of sp³-hybridized carbons (Fsp3) is 0.757. The Bertz CT molecular complexity index is 1070. The molecule has 0 bridgehead atoms. The van der Waals surface area contributed by atoms with E-state index in [1.807, 2.05) is 6.92 Å². The van der Waals surface area contributed by atoms with Crippen molar-refractivity contribution in [2.24, 2.45) is 17.8 Å². The Hall–Kier alpha value is -3.39. The second-order valence-electron chi connectivity index (χ2n) is 13.3. The van der Waals surface area contributed by atoms with Crippen molar-refractivity contribution in [3.63, 3.8) is 0 Å². The number of carbonyl (C=O) groups excluding carboxylic acids is 5. The summed E-state index contributed by atoms with van der Waals surface area (Å²) in [7, 11) is 0. The molecule has 0 radical (unpaired) electrons. The summed E-state index contributed by atoms with van der Waals surface area (Å²) in [5.41, 5.74) is 0. The van der Waals surface area contributed by atoms with Crippen LogP contribution in [0.4, 0.5) is 0 Å². The van der Waals surface area contributed by atoms with E-state index in [1.54, 1.807) is 13.8 Å². The van der Waals surface area contributed by atoms with Crippen LogP contribution in [0.3, 0.4) is 0 Å². The largest absolute Gasteiger partial charge is 0.466 e. The number of amides is 3. The monoisotopic (exact) mass is 675 g/mol. The van der Waals surface area contributed by atoms with Crippen molar-refractivity contribution in [2.45, 2.75) is 149 Å². The third-order valence-electron chi connectivity index (χ3n) is 8.68. The molecule has 0 spiro atoms. The first-order valence-corrected chi connectivity index (χ1v) is 17.9. The van der Waals surface area contributed by atoms with Crippen LogP contribution in [0.1, 0.15) is 125 Å². The lowest BCUT2D eigenvalue weighted by Crippen LogP contribution is -2.53. The van der Waals surface area contributed by atoms with Gasteiger partial charge in [-0.2, -0.15) is 0 Å². The van der Waals surface area contributed by atoms with E-state index >= 15 is 0 Å². The Morgan fingerprint density at radius 3 is 2.27 bits per heavy atom. The summed E-state index contributed by atoms with van der Waals surface area (Å²) in [4.78, 5) is 65.6. The lowest BCUT2D eigenvalue weighted by atomic mass is 9.85. The molecule has 11 heteroatoms. The molecule has 0 fully saturated rings. The highest BCUT2D eigenvalue weighted by Gasteiger charge is 2.39. The highest BCUT2D eigenvalue weighted by atomic mass is 16.5. The first-order valence-electron chi connectivity index (χ1n) is 17.9. The average Bonchev–Trinajstić information content (AvgIpc) is 3.05. The fourth-order valence-electron chi connectivity index (χ4n) is 5.63. The lowest BCUT2D eigenvalue weighted by Gasteiger charge is -2.33. The molecule has 272 valence electrons. The van der Waals surface area contributed by atoms with Crippen molar-refractivity contribution in [1.82, 2.24) is 16.0 Å². The third-order valence-corrected chi connectivity index (χ3v) is 8.68. The van der Waals surface area contributed by atoms with E-state index in [0.717, 1.165) is 70.3 Å². The number of aliphatic hydroxyl groups is 1. The van der Waals surface area contributed by atoms with E-state index in [0.29, 0.717) is 12.8 Å². The van der Waals surface area contributed by atoms with Crippen molar-refractivity contribution < 1.29 is 38.6 Å². The number of esters is 2. The third kappa shape index (κ3) is 17.1. The van der Waals surface area contributed by atoms with Crippen molar-refractivity contribution >= 4 is 29.7 Å². The van der Waals surface area contributed by atoms with E-state index in [1.165, 1.54) is 13.0 Å². The number of unbranched alkanes of at least 4 members (excludes halogenated alkanes) is 9. The van der Waals surface area contributed by atoms with Gasteiger partial charge in [0, 0.05) is 18.9 Å². The van der Waals surface area contributed by atoms with Gasteiger partial charge in [-0.05, 0) is 44.4 Å². The smallest absolute Gasteiger partial charge is 0.329 e. The van der Waals surface area contributed by atoms with Crippen LogP contribution in [0, 0.1) is 30.1 Å². The van der Waals surface area contributed by atoms with Crippen molar-refractivity contribution in [3.05, 3.63) is 12.2 Å². The summed E-state index contributed by atoms with van der Waals surface area (Å²) in [6, 6.07) is -2.91. The standard InChI is InChI=1S/C37H61N3O8/c1-7-9-11-13-14-15-16-18-20-32(43)47-24-23-30-34(27(5)19-17-12-10-8-2)48-37(46)33(26(3)4)40-35(44)28(6)38-31(42)22-21-29(25-41)39-36(30)45/h1,21-22,26-30,33-34,41H,8-20,23-25H2,2-6H3,(H,38,42)(H,39,45)(H,40,44)/b22-21+/t27-,28-,29-,30+,33+,34+/m1/s1. The number of terminal acetylenes is 1. The van der Waals surface area contributed by atoms with Gasteiger partial charge >= 0.3 is 11.9 Å². The molecule has 0 aromatic heterocycles. The van der Waals surface area contributed by atoms with Gasteiger partial charge in [0.15, 0.2) is 0 Å². The number of cyclic esters (lactones) is 1. The molecule has 4 N–H and O–H groups in total. The summed E-state index contributed by atoms with van der Waals surface area (Å²) in [5, 5.41) is 18.0.